The molecule has 0 aromatic rings. The lowest BCUT2D eigenvalue weighted by atomic mass is 9.87. The van der Waals surface area contributed by atoms with Crippen LogP contribution in [0.15, 0.2) is 0 Å². The fraction of sp³-hybridized carbons (Fsp3) is 0.933. The lowest BCUT2D eigenvalue weighted by Gasteiger charge is -2.38. The van der Waals surface area contributed by atoms with E-state index >= 15 is 0 Å². The summed E-state index contributed by atoms with van der Waals surface area (Å²) in [5, 5.41) is 3.65. The minimum Gasteiger partial charge on any atom is -0.444 e. The molecule has 2 bridgehead atoms. The van der Waals surface area contributed by atoms with E-state index in [2.05, 4.69) is 5.32 Å². The second-order valence-electron chi connectivity index (χ2n) is 7.06. The van der Waals surface area contributed by atoms with Crippen molar-refractivity contribution in [3.8, 4) is 0 Å². The maximum atomic E-state index is 12.1. The molecule has 2 saturated heterocycles. The smallest absolute Gasteiger partial charge is 0.407 e. The van der Waals surface area contributed by atoms with Crippen LogP contribution < -0.4 is 5.32 Å². The number of rotatable bonds is 3. The molecule has 2 aliphatic rings. The number of carbonyl (C=O) groups excluding carboxylic acids is 1. The number of nitrogens with one attached hydrogen (secondary N) is 1. The van der Waals surface area contributed by atoms with Gasteiger partial charge in [0.2, 0.25) is 0 Å². The van der Waals surface area contributed by atoms with E-state index in [-0.39, 0.29) is 6.09 Å². The molecule has 0 saturated carbocycles. The Morgan fingerprint density at radius 3 is 2.40 bits per heavy atom. The number of hydrogen-bond acceptors (Lipinski definition) is 3. The molecule has 2 heterocycles. The van der Waals surface area contributed by atoms with E-state index in [9.17, 15) is 9.00 Å². The Morgan fingerprint density at radius 2 is 1.85 bits per heavy atom. The standard InChI is InChI=1S/C15H27NO3S/c1-15(2,3)19-14(17)16-8-7-11-9-12-5-4-6-13(10-11)20(12)18/h11-13H,4-10H2,1-3H3,(H,16,17). The molecular weight excluding hydrogens is 274 g/mol. The number of amides is 1. The van der Waals surface area contributed by atoms with E-state index in [0.717, 1.165) is 32.1 Å². The van der Waals surface area contributed by atoms with Gasteiger partial charge in [-0.3, -0.25) is 4.21 Å². The summed E-state index contributed by atoms with van der Waals surface area (Å²) < 4.78 is 17.3. The third kappa shape index (κ3) is 4.47. The molecule has 116 valence electrons. The molecule has 1 N–H and O–H groups in total. The first-order valence-electron chi connectivity index (χ1n) is 7.71. The molecule has 0 aliphatic carbocycles. The van der Waals surface area contributed by atoms with Crippen LogP contribution in [0.4, 0.5) is 4.79 Å². The minimum absolute atomic E-state index is 0.336. The zero-order chi connectivity index (χ0) is 14.8. The van der Waals surface area contributed by atoms with Crippen LogP contribution in [0.1, 0.15) is 59.3 Å². The van der Waals surface area contributed by atoms with Gasteiger partial charge in [-0.05, 0) is 58.8 Å². The SMILES string of the molecule is CC(C)(C)OC(=O)NCCC1CC2CCCC(C1)S2=O. The molecule has 2 rings (SSSR count). The molecule has 0 aromatic heterocycles. The Kier molecular flexibility index (Phi) is 5.10. The van der Waals surface area contributed by atoms with Crippen molar-refractivity contribution in [2.75, 3.05) is 6.54 Å². The van der Waals surface area contributed by atoms with Gasteiger partial charge >= 0.3 is 6.09 Å². The van der Waals surface area contributed by atoms with E-state index in [0.29, 0.717) is 23.0 Å². The molecule has 2 aliphatic heterocycles. The number of carbonyl (C=O) groups is 1. The van der Waals surface area contributed by atoms with Gasteiger partial charge in [0, 0.05) is 27.8 Å². The van der Waals surface area contributed by atoms with Gasteiger partial charge in [0.15, 0.2) is 0 Å². The Bertz CT molecular complexity index is 362. The quantitative estimate of drug-likeness (QED) is 0.872. The number of fused-ring (bicyclic) bond motifs is 2. The average molecular weight is 301 g/mol. The summed E-state index contributed by atoms with van der Waals surface area (Å²) in [6.45, 7) is 6.25. The Labute approximate surface area is 124 Å². The van der Waals surface area contributed by atoms with Crippen LogP contribution in [0.5, 0.6) is 0 Å². The summed E-state index contributed by atoms with van der Waals surface area (Å²) in [5.41, 5.74) is -0.442. The lowest BCUT2D eigenvalue weighted by molar-refractivity contribution is 0.0524. The maximum Gasteiger partial charge on any atom is 0.407 e. The first-order valence-corrected chi connectivity index (χ1v) is 8.99. The summed E-state index contributed by atoms with van der Waals surface area (Å²) in [6.07, 6.45) is 6.26. The van der Waals surface area contributed by atoms with Crippen LogP contribution in [0.2, 0.25) is 0 Å². The molecule has 0 spiro atoms. The van der Waals surface area contributed by atoms with E-state index in [1.54, 1.807) is 0 Å². The number of ether oxygens (including phenoxy) is 1. The molecule has 20 heavy (non-hydrogen) atoms. The van der Waals surface area contributed by atoms with Crippen LogP contribution in [0.3, 0.4) is 0 Å². The number of hydrogen-bond donors (Lipinski definition) is 1. The predicted octanol–water partition coefficient (Wildman–Crippen LogP) is 2.98. The highest BCUT2D eigenvalue weighted by Crippen LogP contribution is 2.37. The highest BCUT2D eigenvalue weighted by Gasteiger charge is 2.37. The van der Waals surface area contributed by atoms with Gasteiger partial charge in [0.1, 0.15) is 5.60 Å². The van der Waals surface area contributed by atoms with Gasteiger partial charge in [-0.15, -0.1) is 0 Å². The van der Waals surface area contributed by atoms with Crippen LogP contribution in [-0.4, -0.2) is 32.9 Å². The largest absolute Gasteiger partial charge is 0.444 e. The summed E-state index contributed by atoms with van der Waals surface area (Å²) >= 11 is 0. The molecule has 1 amide bonds. The van der Waals surface area contributed by atoms with Crippen molar-refractivity contribution in [1.29, 1.82) is 0 Å². The van der Waals surface area contributed by atoms with E-state index in [4.69, 9.17) is 4.74 Å². The van der Waals surface area contributed by atoms with Crippen LogP contribution in [0.25, 0.3) is 0 Å². The minimum atomic E-state index is -0.596. The zero-order valence-electron chi connectivity index (χ0n) is 12.8. The number of alkyl carbamates (subject to hydrolysis) is 1. The molecule has 4 nitrogen and oxygen atoms in total. The normalized spacial score (nSPS) is 33.5. The second kappa shape index (κ2) is 6.46. The van der Waals surface area contributed by atoms with Crippen molar-refractivity contribution in [2.24, 2.45) is 5.92 Å². The fourth-order valence-corrected chi connectivity index (χ4v) is 5.54. The van der Waals surface area contributed by atoms with Gasteiger partial charge < -0.3 is 10.1 Å². The second-order valence-corrected chi connectivity index (χ2v) is 9.05. The molecule has 2 fully saturated rings. The maximum absolute atomic E-state index is 12.1. The monoisotopic (exact) mass is 301 g/mol. The molecule has 0 radical (unpaired) electrons. The average Bonchev–Trinajstić information content (AvgIpc) is 2.27. The van der Waals surface area contributed by atoms with Gasteiger partial charge in [-0.1, -0.05) is 6.42 Å². The van der Waals surface area contributed by atoms with E-state index in [1.807, 2.05) is 20.8 Å². The van der Waals surface area contributed by atoms with Gasteiger partial charge in [-0.2, -0.15) is 0 Å². The Balaban J connectivity index is 1.70. The van der Waals surface area contributed by atoms with Crippen molar-refractivity contribution in [2.45, 2.75) is 75.4 Å². The third-order valence-corrected chi connectivity index (χ3v) is 6.29. The van der Waals surface area contributed by atoms with E-state index < -0.39 is 16.4 Å². The first-order chi connectivity index (χ1) is 9.35. The highest BCUT2D eigenvalue weighted by atomic mass is 32.2. The lowest BCUT2D eigenvalue weighted by Crippen LogP contribution is -2.40. The Hall–Kier alpha value is -0.580. The molecular formula is C15H27NO3S. The first kappa shape index (κ1) is 15.8. The predicted molar refractivity (Wildman–Crippen MR) is 81.1 cm³/mol. The van der Waals surface area contributed by atoms with Crippen molar-refractivity contribution in [3.63, 3.8) is 0 Å². The van der Waals surface area contributed by atoms with Crippen molar-refractivity contribution in [3.05, 3.63) is 0 Å². The van der Waals surface area contributed by atoms with Crippen molar-refractivity contribution >= 4 is 16.9 Å². The summed E-state index contributed by atoms with van der Waals surface area (Å²) in [7, 11) is -0.596. The van der Waals surface area contributed by atoms with Crippen LogP contribution in [-0.2, 0) is 15.5 Å². The van der Waals surface area contributed by atoms with Crippen molar-refractivity contribution in [1.82, 2.24) is 5.32 Å². The highest BCUT2D eigenvalue weighted by molar-refractivity contribution is 7.86. The van der Waals surface area contributed by atoms with Gasteiger partial charge in [0.05, 0.1) is 0 Å². The topological polar surface area (TPSA) is 55.4 Å². The van der Waals surface area contributed by atoms with Crippen molar-refractivity contribution < 1.29 is 13.7 Å². The molecule has 5 heteroatoms. The van der Waals surface area contributed by atoms with E-state index in [1.165, 1.54) is 6.42 Å². The van der Waals surface area contributed by atoms with Crippen LogP contribution in [0, 0.1) is 5.92 Å². The zero-order valence-corrected chi connectivity index (χ0v) is 13.6. The summed E-state index contributed by atoms with van der Waals surface area (Å²) in [5.74, 6) is 0.609. The molecule has 2 unspecified atom stereocenters. The summed E-state index contributed by atoms with van der Waals surface area (Å²) in [6, 6.07) is 0. The Morgan fingerprint density at radius 1 is 1.25 bits per heavy atom. The van der Waals surface area contributed by atoms with Crippen LogP contribution >= 0.6 is 0 Å². The summed E-state index contributed by atoms with van der Waals surface area (Å²) in [4.78, 5) is 11.6. The molecule has 2 atom stereocenters. The fourth-order valence-electron chi connectivity index (χ4n) is 3.27. The third-order valence-electron chi connectivity index (χ3n) is 4.12. The van der Waals surface area contributed by atoms with Gasteiger partial charge in [-0.25, -0.2) is 4.79 Å². The van der Waals surface area contributed by atoms with Gasteiger partial charge in [0.25, 0.3) is 0 Å². The molecule has 0 aromatic carbocycles.